The van der Waals surface area contributed by atoms with Crippen LogP contribution in [0.4, 0.5) is 22.0 Å². The third-order valence-electron chi connectivity index (χ3n) is 5.81. The SMILES string of the molecule is CCc1cc2ccc(C(F)=C(F)C3CCC(CC)CC3)c(F)c2c(F)c1F. The number of aryl methyl sites for hydroxylation is 1. The molecule has 0 amide bonds. The molecule has 146 valence electrons. The highest BCUT2D eigenvalue weighted by atomic mass is 19.2. The third-order valence-corrected chi connectivity index (χ3v) is 5.81. The lowest BCUT2D eigenvalue weighted by atomic mass is 9.80. The van der Waals surface area contributed by atoms with Gasteiger partial charge in [0.25, 0.3) is 0 Å². The van der Waals surface area contributed by atoms with Gasteiger partial charge in [0.1, 0.15) is 11.6 Å². The molecule has 0 radical (unpaired) electrons. The molecule has 1 aliphatic rings. The first-order chi connectivity index (χ1) is 12.9. The van der Waals surface area contributed by atoms with E-state index in [2.05, 4.69) is 6.92 Å². The van der Waals surface area contributed by atoms with E-state index >= 15 is 0 Å². The van der Waals surface area contributed by atoms with Crippen LogP contribution in [0, 0.1) is 29.3 Å². The molecule has 0 atom stereocenters. The monoisotopic (exact) mass is 382 g/mol. The van der Waals surface area contributed by atoms with E-state index in [0.29, 0.717) is 18.8 Å². The molecule has 0 spiro atoms. The van der Waals surface area contributed by atoms with Gasteiger partial charge in [-0.25, -0.2) is 22.0 Å². The zero-order valence-electron chi connectivity index (χ0n) is 15.5. The number of rotatable bonds is 4. The lowest BCUT2D eigenvalue weighted by Crippen LogP contribution is -2.15. The Hall–Kier alpha value is -1.91. The highest BCUT2D eigenvalue weighted by molar-refractivity contribution is 5.88. The van der Waals surface area contributed by atoms with E-state index in [4.69, 9.17) is 0 Å². The molecule has 2 aromatic rings. The average Bonchev–Trinajstić information content (AvgIpc) is 2.69. The molecule has 0 N–H and O–H groups in total. The van der Waals surface area contributed by atoms with Gasteiger partial charge in [-0.3, -0.25) is 0 Å². The van der Waals surface area contributed by atoms with Crippen LogP contribution >= 0.6 is 0 Å². The lowest BCUT2D eigenvalue weighted by Gasteiger charge is -2.27. The molecule has 1 saturated carbocycles. The molecule has 1 fully saturated rings. The fraction of sp³-hybridized carbons (Fsp3) is 0.455. The van der Waals surface area contributed by atoms with Crippen molar-refractivity contribution in [3.63, 3.8) is 0 Å². The van der Waals surface area contributed by atoms with Crippen LogP contribution in [0.15, 0.2) is 24.0 Å². The molecule has 0 heterocycles. The Morgan fingerprint density at radius 1 is 0.926 bits per heavy atom. The molecule has 5 heteroatoms. The van der Waals surface area contributed by atoms with Crippen molar-refractivity contribution in [2.24, 2.45) is 11.8 Å². The maximum atomic E-state index is 14.8. The highest BCUT2D eigenvalue weighted by Crippen LogP contribution is 2.40. The maximum absolute atomic E-state index is 14.8. The van der Waals surface area contributed by atoms with Gasteiger partial charge in [-0.05, 0) is 61.1 Å². The van der Waals surface area contributed by atoms with Crippen molar-refractivity contribution < 1.29 is 22.0 Å². The summed E-state index contributed by atoms with van der Waals surface area (Å²) >= 11 is 0. The van der Waals surface area contributed by atoms with Gasteiger partial charge in [-0.15, -0.1) is 0 Å². The van der Waals surface area contributed by atoms with E-state index in [-0.39, 0.29) is 17.4 Å². The van der Waals surface area contributed by atoms with E-state index in [1.54, 1.807) is 6.92 Å². The molecule has 2 aromatic carbocycles. The topological polar surface area (TPSA) is 0 Å². The predicted molar refractivity (Wildman–Crippen MR) is 98.1 cm³/mol. The third kappa shape index (κ3) is 3.61. The first-order valence-corrected chi connectivity index (χ1v) is 9.53. The summed E-state index contributed by atoms with van der Waals surface area (Å²) in [6, 6.07) is 3.74. The maximum Gasteiger partial charge on any atom is 0.169 e. The van der Waals surface area contributed by atoms with E-state index in [1.165, 1.54) is 12.1 Å². The normalized spacial score (nSPS) is 21.4. The molecule has 0 bridgehead atoms. The largest absolute Gasteiger partial charge is 0.208 e. The quantitative estimate of drug-likeness (QED) is 0.477. The number of allylic oxidation sites excluding steroid dienone is 1. The Bertz CT molecular complexity index is 876. The summed E-state index contributed by atoms with van der Waals surface area (Å²) in [5.41, 5.74) is -0.540. The zero-order chi connectivity index (χ0) is 19.7. The van der Waals surface area contributed by atoms with Crippen molar-refractivity contribution in [3.05, 3.63) is 52.6 Å². The summed E-state index contributed by atoms with van der Waals surface area (Å²) in [5, 5.41) is -0.511. The van der Waals surface area contributed by atoms with Crippen LogP contribution in [0.1, 0.15) is 57.1 Å². The second kappa shape index (κ2) is 7.99. The van der Waals surface area contributed by atoms with Crippen molar-refractivity contribution in [1.29, 1.82) is 0 Å². The minimum absolute atomic E-state index is 0.113. The van der Waals surface area contributed by atoms with Gasteiger partial charge < -0.3 is 0 Å². The molecular formula is C22H23F5. The molecule has 1 aliphatic carbocycles. The molecular weight excluding hydrogens is 359 g/mol. The lowest BCUT2D eigenvalue weighted by molar-refractivity contribution is 0.268. The molecule has 0 saturated heterocycles. The summed E-state index contributed by atoms with van der Waals surface area (Å²) in [5.74, 6) is -6.15. The summed E-state index contributed by atoms with van der Waals surface area (Å²) in [7, 11) is 0. The molecule has 0 aromatic heterocycles. The Morgan fingerprint density at radius 3 is 2.19 bits per heavy atom. The van der Waals surface area contributed by atoms with Crippen LogP contribution in [0.5, 0.6) is 0 Å². The van der Waals surface area contributed by atoms with Crippen LogP contribution in [0.2, 0.25) is 0 Å². The minimum atomic E-state index is -1.36. The van der Waals surface area contributed by atoms with Gasteiger partial charge in [-0.2, -0.15) is 0 Å². The first kappa shape index (κ1) is 19.8. The van der Waals surface area contributed by atoms with Crippen molar-refractivity contribution in [2.45, 2.75) is 52.4 Å². The van der Waals surface area contributed by atoms with Crippen molar-refractivity contribution in [2.75, 3.05) is 0 Å². The van der Waals surface area contributed by atoms with Crippen LogP contribution < -0.4 is 0 Å². The van der Waals surface area contributed by atoms with Crippen LogP contribution in [-0.2, 0) is 6.42 Å². The van der Waals surface area contributed by atoms with Crippen molar-refractivity contribution in [1.82, 2.24) is 0 Å². The van der Waals surface area contributed by atoms with Crippen LogP contribution in [-0.4, -0.2) is 0 Å². The number of benzene rings is 2. The molecule has 27 heavy (non-hydrogen) atoms. The van der Waals surface area contributed by atoms with Crippen LogP contribution in [0.3, 0.4) is 0 Å². The van der Waals surface area contributed by atoms with Crippen molar-refractivity contribution >= 4 is 16.6 Å². The van der Waals surface area contributed by atoms with E-state index in [9.17, 15) is 22.0 Å². The minimum Gasteiger partial charge on any atom is -0.208 e. The van der Waals surface area contributed by atoms with E-state index in [1.807, 2.05) is 0 Å². The van der Waals surface area contributed by atoms with Gasteiger partial charge in [0.05, 0.1) is 5.39 Å². The number of hydrogen-bond donors (Lipinski definition) is 0. The fourth-order valence-corrected chi connectivity index (χ4v) is 3.99. The summed E-state index contributed by atoms with van der Waals surface area (Å²) in [6.07, 6.45) is 3.88. The van der Waals surface area contributed by atoms with E-state index in [0.717, 1.165) is 25.3 Å². The highest BCUT2D eigenvalue weighted by Gasteiger charge is 2.28. The van der Waals surface area contributed by atoms with Gasteiger partial charge in [0.15, 0.2) is 17.5 Å². The van der Waals surface area contributed by atoms with Gasteiger partial charge >= 0.3 is 0 Å². The standard InChI is InChI=1S/C22H23F5/c1-3-12-5-7-14(8-6-12)19(24)21(26)16-10-9-15-11-13(4-2)18(23)22(27)17(15)20(16)25/h9-12,14H,3-8H2,1-2H3. The first-order valence-electron chi connectivity index (χ1n) is 9.53. The van der Waals surface area contributed by atoms with Gasteiger partial charge in [0.2, 0.25) is 0 Å². The van der Waals surface area contributed by atoms with E-state index < -0.39 is 46.0 Å². The second-order valence-electron chi connectivity index (χ2n) is 7.33. The Labute approximate surface area is 156 Å². The predicted octanol–water partition coefficient (Wildman–Crippen LogP) is 7.64. The fourth-order valence-electron chi connectivity index (χ4n) is 3.99. The summed E-state index contributed by atoms with van der Waals surface area (Å²) in [6.45, 7) is 3.72. The van der Waals surface area contributed by atoms with Crippen molar-refractivity contribution in [3.8, 4) is 0 Å². The number of halogens is 5. The molecule has 0 nitrogen and oxygen atoms in total. The number of hydrogen-bond acceptors (Lipinski definition) is 0. The smallest absolute Gasteiger partial charge is 0.169 e. The zero-order valence-corrected chi connectivity index (χ0v) is 15.5. The second-order valence-corrected chi connectivity index (χ2v) is 7.33. The molecule has 3 rings (SSSR count). The summed E-state index contributed by atoms with van der Waals surface area (Å²) in [4.78, 5) is 0. The average molecular weight is 382 g/mol. The Morgan fingerprint density at radius 2 is 1.59 bits per heavy atom. The van der Waals surface area contributed by atoms with Gasteiger partial charge in [-0.1, -0.05) is 26.3 Å². The number of fused-ring (bicyclic) bond motifs is 1. The Balaban J connectivity index is 2.03. The molecule has 0 unspecified atom stereocenters. The van der Waals surface area contributed by atoms with Crippen LogP contribution in [0.25, 0.3) is 16.6 Å². The van der Waals surface area contributed by atoms with Gasteiger partial charge in [0, 0.05) is 11.5 Å². The summed E-state index contributed by atoms with van der Waals surface area (Å²) < 4.78 is 72.5. The molecule has 0 aliphatic heterocycles. The Kier molecular flexibility index (Phi) is 5.87.